The summed E-state index contributed by atoms with van der Waals surface area (Å²) in [4.78, 5) is 14.2. The smallest absolute Gasteiger partial charge is 0.222 e. The van der Waals surface area contributed by atoms with Gasteiger partial charge in [0.15, 0.2) is 11.5 Å². The standard InChI is InChI=1S/C19H30N2O3.ClH/c1-3-23-17-7-4-5-8-18(17)24-14-6-9-19(22)21-12-10-16(11-13-21)15(2)20;/h4-5,7-8,15-16H,3,6,9-14,20H2,1-2H3;1H. The van der Waals surface area contributed by atoms with E-state index in [4.69, 9.17) is 15.2 Å². The van der Waals surface area contributed by atoms with Gasteiger partial charge in [0.25, 0.3) is 0 Å². The van der Waals surface area contributed by atoms with Gasteiger partial charge in [0, 0.05) is 25.6 Å². The molecule has 0 spiro atoms. The second-order valence-corrected chi connectivity index (χ2v) is 6.41. The van der Waals surface area contributed by atoms with E-state index in [-0.39, 0.29) is 24.4 Å². The average Bonchev–Trinajstić information content (AvgIpc) is 2.60. The highest BCUT2D eigenvalue weighted by atomic mass is 35.5. The molecule has 2 rings (SSSR count). The fourth-order valence-corrected chi connectivity index (χ4v) is 3.08. The highest BCUT2D eigenvalue weighted by Crippen LogP contribution is 2.26. The maximum atomic E-state index is 12.3. The number of para-hydroxylation sites is 2. The van der Waals surface area contributed by atoms with Crippen molar-refractivity contribution >= 4 is 18.3 Å². The van der Waals surface area contributed by atoms with Crippen LogP contribution in [0.3, 0.4) is 0 Å². The summed E-state index contributed by atoms with van der Waals surface area (Å²) < 4.78 is 11.3. The van der Waals surface area contributed by atoms with E-state index < -0.39 is 0 Å². The predicted octanol–water partition coefficient (Wildman–Crippen LogP) is 3.25. The van der Waals surface area contributed by atoms with Gasteiger partial charge in [0.1, 0.15) is 0 Å². The minimum absolute atomic E-state index is 0. The highest BCUT2D eigenvalue weighted by molar-refractivity contribution is 5.85. The van der Waals surface area contributed by atoms with Crippen LogP contribution in [-0.4, -0.2) is 43.2 Å². The van der Waals surface area contributed by atoms with E-state index in [1.807, 2.05) is 36.1 Å². The van der Waals surface area contributed by atoms with Gasteiger partial charge in [-0.25, -0.2) is 0 Å². The van der Waals surface area contributed by atoms with Crippen molar-refractivity contribution in [1.29, 1.82) is 0 Å². The molecule has 6 heteroatoms. The maximum Gasteiger partial charge on any atom is 0.222 e. The Morgan fingerprint density at radius 2 is 1.84 bits per heavy atom. The summed E-state index contributed by atoms with van der Waals surface area (Å²) in [7, 11) is 0. The topological polar surface area (TPSA) is 64.8 Å². The van der Waals surface area contributed by atoms with Crippen LogP contribution < -0.4 is 15.2 Å². The Kier molecular flexibility index (Phi) is 9.68. The summed E-state index contributed by atoms with van der Waals surface area (Å²) >= 11 is 0. The van der Waals surface area contributed by atoms with Gasteiger partial charge in [-0.05, 0) is 51.2 Å². The molecule has 2 N–H and O–H groups in total. The van der Waals surface area contributed by atoms with Crippen LogP contribution in [0.1, 0.15) is 39.5 Å². The van der Waals surface area contributed by atoms with Gasteiger partial charge in [-0.1, -0.05) is 12.1 Å². The first-order chi connectivity index (χ1) is 11.6. The maximum absolute atomic E-state index is 12.3. The van der Waals surface area contributed by atoms with E-state index in [0.29, 0.717) is 32.0 Å². The number of piperidine rings is 1. The SMILES string of the molecule is CCOc1ccccc1OCCCC(=O)N1CCC(C(C)N)CC1.Cl. The molecule has 1 heterocycles. The van der Waals surface area contributed by atoms with Crippen molar-refractivity contribution in [2.24, 2.45) is 11.7 Å². The Bertz CT molecular complexity index is 517. The molecule has 1 aliphatic heterocycles. The molecule has 1 aromatic rings. The number of carbonyl (C=O) groups excluding carboxylic acids is 1. The first kappa shape index (κ1) is 21.6. The zero-order chi connectivity index (χ0) is 17.4. The van der Waals surface area contributed by atoms with Crippen LogP contribution >= 0.6 is 12.4 Å². The van der Waals surface area contributed by atoms with Crippen LogP contribution in [-0.2, 0) is 4.79 Å². The number of ether oxygens (including phenoxy) is 2. The first-order valence-corrected chi connectivity index (χ1v) is 8.99. The fourth-order valence-electron chi connectivity index (χ4n) is 3.08. The quantitative estimate of drug-likeness (QED) is 0.713. The van der Waals surface area contributed by atoms with Gasteiger partial charge < -0.3 is 20.1 Å². The van der Waals surface area contributed by atoms with Crippen LogP contribution in [0.2, 0.25) is 0 Å². The zero-order valence-electron chi connectivity index (χ0n) is 15.3. The molecular formula is C19H31ClN2O3. The average molecular weight is 371 g/mol. The number of likely N-dealkylation sites (tertiary alicyclic amines) is 1. The third-order valence-corrected chi connectivity index (χ3v) is 4.58. The third kappa shape index (κ3) is 6.75. The molecule has 0 aliphatic carbocycles. The van der Waals surface area contributed by atoms with Crippen LogP contribution in [0, 0.1) is 5.92 Å². The monoisotopic (exact) mass is 370 g/mol. The van der Waals surface area contributed by atoms with E-state index in [1.165, 1.54) is 0 Å². The van der Waals surface area contributed by atoms with E-state index in [0.717, 1.165) is 37.4 Å². The minimum atomic E-state index is 0. The summed E-state index contributed by atoms with van der Waals surface area (Å²) in [6.07, 6.45) is 3.27. The van der Waals surface area contributed by atoms with Gasteiger partial charge in [0.2, 0.25) is 5.91 Å². The third-order valence-electron chi connectivity index (χ3n) is 4.58. The highest BCUT2D eigenvalue weighted by Gasteiger charge is 2.24. The number of hydrogen-bond acceptors (Lipinski definition) is 4. The summed E-state index contributed by atoms with van der Waals surface area (Å²) in [5.74, 6) is 2.26. The van der Waals surface area contributed by atoms with Crippen LogP contribution in [0.15, 0.2) is 24.3 Å². The van der Waals surface area contributed by atoms with Crippen molar-refractivity contribution < 1.29 is 14.3 Å². The van der Waals surface area contributed by atoms with Crippen molar-refractivity contribution in [2.45, 2.75) is 45.6 Å². The lowest BCUT2D eigenvalue weighted by Crippen LogP contribution is -2.42. The molecule has 1 aliphatic rings. The molecule has 1 atom stereocenters. The fraction of sp³-hybridized carbons (Fsp3) is 0.632. The van der Waals surface area contributed by atoms with Gasteiger partial charge in [-0.3, -0.25) is 4.79 Å². The van der Waals surface area contributed by atoms with Crippen molar-refractivity contribution in [2.75, 3.05) is 26.3 Å². The van der Waals surface area contributed by atoms with Gasteiger partial charge >= 0.3 is 0 Å². The molecule has 5 nitrogen and oxygen atoms in total. The van der Waals surface area contributed by atoms with Gasteiger partial charge in [-0.2, -0.15) is 0 Å². The van der Waals surface area contributed by atoms with Crippen LogP contribution in [0.5, 0.6) is 11.5 Å². The second-order valence-electron chi connectivity index (χ2n) is 6.41. The molecule has 25 heavy (non-hydrogen) atoms. The van der Waals surface area contributed by atoms with Crippen molar-refractivity contribution in [3.8, 4) is 11.5 Å². The van der Waals surface area contributed by atoms with E-state index >= 15 is 0 Å². The Balaban J connectivity index is 0.00000312. The molecule has 0 saturated carbocycles. The van der Waals surface area contributed by atoms with Crippen molar-refractivity contribution in [3.63, 3.8) is 0 Å². The summed E-state index contributed by atoms with van der Waals surface area (Å²) in [6, 6.07) is 7.86. The lowest BCUT2D eigenvalue weighted by molar-refractivity contribution is -0.132. The number of rotatable bonds is 8. The second kappa shape index (κ2) is 11.2. The number of carbonyl (C=O) groups is 1. The van der Waals surface area contributed by atoms with Gasteiger partial charge in [0.05, 0.1) is 13.2 Å². The largest absolute Gasteiger partial charge is 0.490 e. The lowest BCUT2D eigenvalue weighted by atomic mass is 9.91. The molecule has 1 unspecified atom stereocenters. The predicted molar refractivity (Wildman–Crippen MR) is 103 cm³/mol. The number of halogens is 1. The van der Waals surface area contributed by atoms with Crippen LogP contribution in [0.4, 0.5) is 0 Å². The van der Waals surface area contributed by atoms with Crippen molar-refractivity contribution in [1.82, 2.24) is 4.90 Å². The van der Waals surface area contributed by atoms with E-state index in [9.17, 15) is 4.79 Å². The zero-order valence-corrected chi connectivity index (χ0v) is 16.1. The number of benzene rings is 1. The number of nitrogens with two attached hydrogens (primary N) is 1. The molecule has 0 aromatic heterocycles. The Morgan fingerprint density at radius 1 is 1.24 bits per heavy atom. The molecule has 0 bridgehead atoms. The minimum Gasteiger partial charge on any atom is -0.490 e. The summed E-state index contributed by atoms with van der Waals surface area (Å²) in [6.45, 7) is 6.80. The lowest BCUT2D eigenvalue weighted by Gasteiger charge is -2.33. The number of nitrogens with zero attached hydrogens (tertiary/aromatic N) is 1. The van der Waals surface area contributed by atoms with Gasteiger partial charge in [-0.15, -0.1) is 12.4 Å². The Hall–Kier alpha value is -1.46. The molecule has 1 aromatic carbocycles. The molecule has 1 amide bonds. The molecule has 1 fully saturated rings. The number of amides is 1. The van der Waals surface area contributed by atoms with Crippen molar-refractivity contribution in [3.05, 3.63) is 24.3 Å². The normalized spacial score (nSPS) is 16.0. The summed E-state index contributed by atoms with van der Waals surface area (Å²) in [5, 5.41) is 0. The van der Waals surface area contributed by atoms with E-state index in [2.05, 4.69) is 6.92 Å². The van der Waals surface area contributed by atoms with E-state index in [1.54, 1.807) is 0 Å². The Labute approximate surface area is 157 Å². The molecule has 0 radical (unpaired) electrons. The van der Waals surface area contributed by atoms with Crippen LogP contribution in [0.25, 0.3) is 0 Å². The first-order valence-electron chi connectivity index (χ1n) is 8.99. The Morgan fingerprint density at radius 3 is 2.40 bits per heavy atom. The summed E-state index contributed by atoms with van der Waals surface area (Å²) in [5.41, 5.74) is 5.95. The number of hydrogen-bond donors (Lipinski definition) is 1. The molecular weight excluding hydrogens is 340 g/mol. The molecule has 142 valence electrons. The molecule has 1 saturated heterocycles.